The second-order valence-electron chi connectivity index (χ2n) is 0. The summed E-state index contributed by atoms with van der Waals surface area (Å²) in [5, 5.41) is 0. The number of rotatable bonds is 0. The molecule has 0 spiro atoms. The molecule has 1 nitrogen and oxygen atoms in total. The van der Waals surface area contributed by atoms with Gasteiger partial charge in [-0.3, -0.25) is 0 Å². The summed E-state index contributed by atoms with van der Waals surface area (Å²) in [5.74, 6) is 0. The van der Waals surface area contributed by atoms with Crippen LogP contribution in [0.5, 0.6) is 0 Å². The summed E-state index contributed by atoms with van der Waals surface area (Å²) >= 11 is 0. The van der Waals surface area contributed by atoms with Crippen LogP contribution in [0.15, 0.2) is 0 Å². The van der Waals surface area contributed by atoms with Crippen molar-refractivity contribution in [3.05, 3.63) is 14.4 Å². The summed E-state index contributed by atoms with van der Waals surface area (Å²) in [4.78, 5) is 0. The molecule has 0 amide bonds. The van der Waals surface area contributed by atoms with Crippen LogP contribution in [0.3, 0.4) is 0 Å². The van der Waals surface area contributed by atoms with Crippen LogP contribution in [0.2, 0.25) is 0 Å². The van der Waals surface area contributed by atoms with Crippen molar-refractivity contribution in [2.45, 2.75) is 14.4 Å². The number of hydrogen-bond acceptors (Lipinski definition) is 1. The molecule has 2 heteroatoms. The van der Waals surface area contributed by atoms with E-state index >= 15 is 0 Å². The minimum Gasteiger partial charge on any atom is -0.358 e. The van der Waals surface area contributed by atoms with Gasteiger partial charge in [0.25, 0.3) is 0 Å². The fraction of sp³-hybridized carbons (Fsp3) is 0.500. The van der Waals surface area contributed by atoms with Gasteiger partial charge in [-0.2, -0.15) is 0 Å². The monoisotopic (exact) mass is 344 g/mol. The van der Waals surface area contributed by atoms with E-state index in [-0.39, 0.29) is 21.0 Å². The van der Waals surface area contributed by atoms with Gasteiger partial charge in [0.05, 0.1) is 13.8 Å². The third-order valence-electron chi connectivity index (χ3n) is 0. The summed E-state index contributed by atoms with van der Waals surface area (Å²) in [6.07, 6.45) is 0. The van der Waals surface area contributed by atoms with Gasteiger partial charge in [0.2, 0.25) is 0 Å². The van der Waals surface area contributed by atoms with Crippen molar-refractivity contribution in [3.63, 3.8) is 0 Å². The van der Waals surface area contributed by atoms with Crippen LogP contribution in [-0.2, 0) is 0 Å². The third kappa shape index (κ3) is 6.92. The minimum atomic E-state index is 0. The first-order valence-electron chi connectivity index (χ1n) is 0.707. The van der Waals surface area contributed by atoms with Crippen molar-refractivity contribution in [3.8, 4) is 0 Å². The van der Waals surface area contributed by atoms with Gasteiger partial charge in [-0.05, 0) is 0 Å². The van der Waals surface area contributed by atoms with E-state index in [0.717, 1.165) is 0 Å². The molecule has 0 aromatic heterocycles. The quantitative estimate of drug-likeness (QED) is 0.671. The van der Waals surface area contributed by atoms with Gasteiger partial charge in [0, 0.05) is 0 Å². The summed E-state index contributed by atoms with van der Waals surface area (Å²) < 4.78 is 0. The van der Waals surface area contributed by atoms with Crippen molar-refractivity contribution in [2.75, 3.05) is 0 Å². The van der Waals surface area contributed by atoms with Gasteiger partial charge in [0.15, 0.2) is 0 Å². The van der Waals surface area contributed by atoms with Crippen LogP contribution in [-0.4, -0.2) is 0 Å². The van der Waals surface area contributed by atoms with E-state index in [2.05, 4.69) is 6.92 Å². The van der Waals surface area contributed by atoms with Crippen LogP contribution in [0.1, 0.15) is 14.4 Å². The van der Waals surface area contributed by atoms with Gasteiger partial charge in [-0.15, -0.1) is 0 Å². The van der Waals surface area contributed by atoms with Crippen LogP contribution in [0.4, 0.5) is 0 Å². The Morgan fingerprint density at radius 3 is 1.17 bits per heavy atom. The van der Waals surface area contributed by atoms with Crippen molar-refractivity contribution in [1.29, 1.82) is 0 Å². The Bertz CT molecular complexity index is 7.51. The molecule has 0 aliphatic rings. The van der Waals surface area contributed by atoms with E-state index < -0.39 is 0 Å². The second kappa shape index (κ2) is 22.4. The van der Waals surface area contributed by atoms with E-state index in [4.69, 9.17) is 0 Å². The van der Waals surface area contributed by atoms with Gasteiger partial charge >= 0.3 is 0 Å². The fourth-order valence-corrected chi connectivity index (χ4v) is 0. The molecule has 6 heavy (non-hydrogen) atoms. The predicted molar refractivity (Wildman–Crippen MR) is 29.2 cm³/mol. The SMILES string of the molecule is C.N.[CH2+]C.[CH3-].[Rf]. The molecule has 0 heterocycles. The minimum absolute atomic E-state index is 0. The first-order valence-corrected chi connectivity index (χ1v) is 0.707. The topological polar surface area (TPSA) is 35.0 Å². The molecule has 0 aliphatic heterocycles. The van der Waals surface area contributed by atoms with Crippen molar-refractivity contribution in [2.24, 2.45) is 0 Å². The van der Waals surface area contributed by atoms with Crippen LogP contribution in [0.25, 0.3) is 0 Å². The molecule has 0 fully saturated rings. The van der Waals surface area contributed by atoms with E-state index in [1.165, 1.54) is 0 Å². The molecule has 0 unspecified atom stereocenters. The van der Waals surface area contributed by atoms with Gasteiger partial charge in [-0.1, -0.05) is 7.43 Å². The standard InChI is InChI=1S/C2H5.CH4.CH3.H3N.Rf/c1-2;;;;/h1H2,2H3;1H4;2*1H3;/q+1;;-1;;. The molecule has 0 aromatic rings. The molecule has 0 aliphatic carbocycles. The van der Waals surface area contributed by atoms with Crippen molar-refractivity contribution < 1.29 is 0 Å². The zero-order valence-corrected chi connectivity index (χ0v) is 10.5. The molecule has 0 saturated heterocycles. The van der Waals surface area contributed by atoms with E-state index in [1.807, 2.05) is 0 Å². The average Bonchev–Trinajstić information content (AvgIpc) is 1.00. The Labute approximate surface area is 36.0 Å². The summed E-state index contributed by atoms with van der Waals surface area (Å²) in [6.45, 7) is 5.00. The maximum atomic E-state index is 3.25. The molecule has 38 valence electrons. The third-order valence-corrected chi connectivity index (χ3v) is 0. The molecular weight excluding hydrogens is 329 g/mol. The van der Waals surface area contributed by atoms with Crippen molar-refractivity contribution >= 4 is 0 Å². The van der Waals surface area contributed by atoms with Gasteiger partial charge < -0.3 is 13.6 Å². The summed E-state index contributed by atoms with van der Waals surface area (Å²) in [6, 6.07) is 0. The van der Waals surface area contributed by atoms with Crippen molar-refractivity contribution in [1.82, 2.24) is 6.15 Å². The molecule has 0 rings (SSSR count). The van der Waals surface area contributed by atoms with E-state index in [0.29, 0.717) is 0 Å². The smallest absolute Gasteiger partial charge is 0.0746 e. The molecule has 0 atom stereocenters. The molecule has 0 aromatic carbocycles. The van der Waals surface area contributed by atoms with E-state index in [9.17, 15) is 0 Å². The Morgan fingerprint density at radius 2 is 1.17 bits per heavy atom. The molecule has 0 saturated carbocycles. The normalized spacial score (nSPS) is 0.833. The molecule has 0 radical (unpaired) electrons. The Morgan fingerprint density at radius 1 is 1.17 bits per heavy atom. The first kappa shape index (κ1) is 2450. The zero-order valence-electron chi connectivity index (χ0n) is 4.12. The molecular formula is C4H15NRf. The van der Waals surface area contributed by atoms with Gasteiger partial charge in [-0.25, -0.2) is 0 Å². The Hall–Kier alpha value is -1.17. The largest absolute Gasteiger partial charge is 0.358 e. The maximum absolute atomic E-state index is 3.25. The Kier molecular flexibility index (Phi) is 9160. The maximum Gasteiger partial charge on any atom is 0.0746 e. The van der Waals surface area contributed by atoms with Crippen LogP contribution >= 0.6 is 0 Å². The molecule has 3 N–H and O–H groups in total. The summed E-state index contributed by atoms with van der Waals surface area (Å²) in [5.41, 5.74) is 0. The van der Waals surface area contributed by atoms with E-state index in [1.54, 1.807) is 6.92 Å². The molecule has 0 bridgehead atoms. The number of hydrogen-bond donors (Lipinski definition) is 1. The van der Waals surface area contributed by atoms with Crippen LogP contribution < -0.4 is 6.15 Å². The van der Waals surface area contributed by atoms with Crippen LogP contribution in [0, 0.1) is 14.4 Å². The average molecular weight is 344 g/mol. The van der Waals surface area contributed by atoms with Gasteiger partial charge in [0.1, 0.15) is 0 Å². The predicted octanol–water partition coefficient (Wildman–Crippen LogP) is 2.09. The second-order valence-corrected chi connectivity index (χ2v) is 0. The first-order chi connectivity index (χ1) is 1.00. The summed E-state index contributed by atoms with van der Waals surface area (Å²) in [7, 11) is 0. The zero-order chi connectivity index (χ0) is 2.00. The Balaban J connectivity index is -0.000000000833. The fourth-order valence-electron chi connectivity index (χ4n) is 0.